The third kappa shape index (κ3) is 4.63. The molecule has 0 aliphatic carbocycles. The van der Waals surface area contributed by atoms with Crippen molar-refractivity contribution >= 4 is 33.4 Å². The van der Waals surface area contributed by atoms with Gasteiger partial charge in [-0.3, -0.25) is 14.2 Å². The highest BCUT2D eigenvalue weighted by Gasteiger charge is 2.29. The van der Waals surface area contributed by atoms with Gasteiger partial charge < -0.3 is 14.6 Å². The van der Waals surface area contributed by atoms with Crippen molar-refractivity contribution in [3.05, 3.63) is 80.8 Å². The molecule has 7 nitrogen and oxygen atoms in total. The Morgan fingerprint density at radius 2 is 2.00 bits per heavy atom. The van der Waals surface area contributed by atoms with E-state index in [1.807, 2.05) is 49.6 Å². The summed E-state index contributed by atoms with van der Waals surface area (Å²) in [6.07, 6.45) is 1.67. The Morgan fingerprint density at radius 3 is 2.76 bits per heavy atom. The molecule has 0 saturated carbocycles. The molecular weight excluding hydrogens is 448 g/mol. The smallest absolute Gasteiger partial charge is 0.273 e. The summed E-state index contributed by atoms with van der Waals surface area (Å²) in [7, 11) is 0. The molecule has 4 aromatic rings. The number of benzene rings is 1. The Bertz CT molecular complexity index is 1370. The first-order valence-electron chi connectivity index (χ1n) is 11.6. The van der Waals surface area contributed by atoms with E-state index in [0.717, 1.165) is 36.5 Å². The van der Waals surface area contributed by atoms with Gasteiger partial charge in [0.25, 0.3) is 5.56 Å². The molecule has 1 fully saturated rings. The van der Waals surface area contributed by atoms with Crippen molar-refractivity contribution in [3.8, 4) is 0 Å². The molecule has 0 bridgehead atoms. The first-order valence-corrected chi connectivity index (χ1v) is 12.5. The lowest BCUT2D eigenvalue weighted by molar-refractivity contribution is -0.125. The number of amides is 1. The van der Waals surface area contributed by atoms with E-state index in [0.29, 0.717) is 35.8 Å². The molecule has 0 unspecified atom stereocenters. The predicted octanol–water partition coefficient (Wildman–Crippen LogP) is 4.25. The van der Waals surface area contributed by atoms with E-state index < -0.39 is 0 Å². The van der Waals surface area contributed by atoms with Crippen molar-refractivity contribution < 1.29 is 9.21 Å². The molecule has 8 heteroatoms. The number of thiophene rings is 1. The summed E-state index contributed by atoms with van der Waals surface area (Å²) in [6.45, 7) is 6.04. The van der Waals surface area contributed by atoms with Gasteiger partial charge in [-0.1, -0.05) is 29.8 Å². The lowest BCUT2D eigenvalue weighted by Crippen LogP contribution is -2.45. The second-order valence-electron chi connectivity index (χ2n) is 8.94. The predicted molar refractivity (Wildman–Crippen MR) is 134 cm³/mol. The Morgan fingerprint density at radius 1 is 1.18 bits per heavy atom. The molecule has 1 aromatic carbocycles. The van der Waals surface area contributed by atoms with Crippen molar-refractivity contribution in [2.45, 2.75) is 39.8 Å². The maximum Gasteiger partial charge on any atom is 0.273 e. The number of carbonyl (C=O) groups excluding carboxylic acids is 1. The summed E-state index contributed by atoms with van der Waals surface area (Å²) >= 11 is 1.42. The fourth-order valence-corrected chi connectivity index (χ4v) is 5.24. The second-order valence-corrected chi connectivity index (χ2v) is 9.86. The number of hydrogen-bond donors (Lipinski definition) is 1. The van der Waals surface area contributed by atoms with E-state index >= 15 is 0 Å². The van der Waals surface area contributed by atoms with Crippen LogP contribution in [0.1, 0.15) is 35.5 Å². The third-order valence-electron chi connectivity index (χ3n) is 6.31. The zero-order chi connectivity index (χ0) is 23.7. The first kappa shape index (κ1) is 22.4. The van der Waals surface area contributed by atoms with Crippen LogP contribution in [0.4, 0.5) is 5.95 Å². The summed E-state index contributed by atoms with van der Waals surface area (Å²) in [4.78, 5) is 33.3. The minimum absolute atomic E-state index is 0.00259. The van der Waals surface area contributed by atoms with Gasteiger partial charge in [0.2, 0.25) is 11.9 Å². The van der Waals surface area contributed by atoms with Crippen molar-refractivity contribution in [2.75, 3.05) is 18.0 Å². The molecule has 1 aliphatic rings. The van der Waals surface area contributed by atoms with Gasteiger partial charge in [-0.2, -0.15) is 0 Å². The van der Waals surface area contributed by atoms with Gasteiger partial charge in [0, 0.05) is 13.1 Å². The van der Waals surface area contributed by atoms with Crippen molar-refractivity contribution in [3.63, 3.8) is 0 Å². The second kappa shape index (κ2) is 9.46. The van der Waals surface area contributed by atoms with Crippen molar-refractivity contribution in [1.29, 1.82) is 0 Å². The Hall–Kier alpha value is -3.39. The number of furan rings is 1. The van der Waals surface area contributed by atoms with Gasteiger partial charge in [0.15, 0.2) is 0 Å². The number of piperidine rings is 1. The Labute approximate surface area is 202 Å². The molecule has 4 heterocycles. The highest BCUT2D eigenvalue weighted by molar-refractivity contribution is 7.17. The number of nitrogens with one attached hydrogen (secondary N) is 1. The number of anilines is 1. The minimum atomic E-state index is -0.173. The molecule has 34 heavy (non-hydrogen) atoms. The quantitative estimate of drug-likeness (QED) is 0.450. The molecule has 1 N–H and O–H groups in total. The third-order valence-corrected chi connectivity index (χ3v) is 7.21. The van der Waals surface area contributed by atoms with E-state index in [1.54, 1.807) is 4.57 Å². The largest absolute Gasteiger partial charge is 0.465 e. The van der Waals surface area contributed by atoms with Crippen LogP contribution in [0.25, 0.3) is 10.2 Å². The van der Waals surface area contributed by atoms with Crippen molar-refractivity contribution in [1.82, 2.24) is 14.9 Å². The van der Waals surface area contributed by atoms with Crippen LogP contribution < -0.4 is 15.8 Å². The van der Waals surface area contributed by atoms with Crippen LogP contribution in [0.2, 0.25) is 0 Å². The van der Waals surface area contributed by atoms with Crippen LogP contribution in [-0.2, 0) is 17.9 Å². The highest BCUT2D eigenvalue weighted by Crippen LogP contribution is 2.25. The molecule has 3 aromatic heterocycles. The maximum atomic E-state index is 13.4. The molecule has 5 rings (SSSR count). The van der Waals surface area contributed by atoms with Crippen LogP contribution >= 0.6 is 11.3 Å². The van der Waals surface area contributed by atoms with Crippen molar-refractivity contribution in [2.24, 2.45) is 5.92 Å². The number of carbonyl (C=O) groups is 1. The van der Waals surface area contributed by atoms with Crippen LogP contribution in [0.5, 0.6) is 0 Å². The summed E-state index contributed by atoms with van der Waals surface area (Å²) in [5, 5.41) is 4.91. The van der Waals surface area contributed by atoms with E-state index in [-0.39, 0.29) is 17.4 Å². The van der Waals surface area contributed by atoms with Gasteiger partial charge in [-0.25, -0.2) is 4.98 Å². The van der Waals surface area contributed by atoms with Gasteiger partial charge in [0.05, 0.1) is 24.5 Å². The van der Waals surface area contributed by atoms with Gasteiger partial charge >= 0.3 is 0 Å². The number of fused-ring (bicyclic) bond motifs is 1. The first-order chi connectivity index (χ1) is 16.5. The number of aromatic nitrogens is 2. The van der Waals surface area contributed by atoms with Gasteiger partial charge in [-0.15, -0.1) is 11.3 Å². The molecule has 0 radical (unpaired) electrons. The number of rotatable bonds is 6. The van der Waals surface area contributed by atoms with E-state index in [4.69, 9.17) is 9.40 Å². The SMILES string of the molecule is Cc1ccc(Cn2c(N3CCC[C@@H](C(=O)NCc4ccc(C)o4)C3)nc3ccsc3c2=O)cc1. The lowest BCUT2D eigenvalue weighted by atomic mass is 9.97. The monoisotopic (exact) mass is 476 g/mol. The standard InChI is InChI=1S/C26H28N4O3S/c1-17-5-8-19(9-6-17)15-30-25(32)23-22(11-13-34-23)28-26(30)29-12-3-4-20(16-29)24(31)27-14-21-10-7-18(2)33-21/h5-11,13,20H,3-4,12,14-16H2,1-2H3,(H,27,31)/t20-/m1/s1. The summed E-state index contributed by atoms with van der Waals surface area (Å²) in [5.74, 6) is 2.04. The average molecular weight is 477 g/mol. The fourth-order valence-electron chi connectivity index (χ4n) is 4.46. The fraction of sp³-hybridized carbons (Fsp3) is 0.346. The molecule has 0 spiro atoms. The molecule has 1 atom stereocenters. The lowest BCUT2D eigenvalue weighted by Gasteiger charge is -2.34. The number of hydrogen-bond acceptors (Lipinski definition) is 6. The maximum absolute atomic E-state index is 13.4. The number of aryl methyl sites for hydroxylation is 2. The Balaban J connectivity index is 1.40. The topological polar surface area (TPSA) is 80.4 Å². The normalized spacial score (nSPS) is 16.2. The summed E-state index contributed by atoms with van der Waals surface area (Å²) < 4.78 is 7.99. The van der Waals surface area contributed by atoms with Gasteiger partial charge in [0.1, 0.15) is 16.2 Å². The highest BCUT2D eigenvalue weighted by atomic mass is 32.1. The van der Waals surface area contributed by atoms with E-state index in [1.165, 1.54) is 16.9 Å². The molecule has 1 saturated heterocycles. The minimum Gasteiger partial charge on any atom is -0.465 e. The molecular formula is C26H28N4O3S. The molecule has 176 valence electrons. The number of nitrogens with zero attached hydrogens (tertiary/aromatic N) is 3. The summed E-state index contributed by atoms with van der Waals surface area (Å²) in [6, 6.07) is 13.9. The van der Waals surface area contributed by atoms with Gasteiger partial charge in [-0.05, 0) is 55.8 Å². The van der Waals surface area contributed by atoms with Crippen LogP contribution in [0.3, 0.4) is 0 Å². The molecule has 1 aliphatic heterocycles. The van der Waals surface area contributed by atoms with Crippen LogP contribution in [0, 0.1) is 19.8 Å². The molecule has 1 amide bonds. The summed E-state index contributed by atoms with van der Waals surface area (Å²) in [5.41, 5.74) is 2.91. The average Bonchev–Trinajstić information content (AvgIpc) is 3.49. The zero-order valence-electron chi connectivity index (χ0n) is 19.4. The van der Waals surface area contributed by atoms with E-state index in [9.17, 15) is 9.59 Å². The Kier molecular flexibility index (Phi) is 6.24. The van der Waals surface area contributed by atoms with Crippen LogP contribution in [0.15, 0.2) is 57.1 Å². The van der Waals surface area contributed by atoms with E-state index in [2.05, 4.69) is 22.3 Å². The van der Waals surface area contributed by atoms with Crippen LogP contribution in [-0.4, -0.2) is 28.5 Å². The zero-order valence-corrected chi connectivity index (χ0v) is 20.2.